The molecule has 64 valence electrons. The molecule has 0 radical (unpaired) electrons. The van der Waals surface area contributed by atoms with Gasteiger partial charge in [-0.05, 0) is 0 Å². The van der Waals surface area contributed by atoms with Crippen molar-refractivity contribution < 1.29 is 42.5 Å². The summed E-state index contributed by atoms with van der Waals surface area (Å²) in [6, 6.07) is 9.46. The van der Waals surface area contributed by atoms with E-state index in [9.17, 15) is 8.42 Å². The Bertz CT molecular complexity index is 370. The average molecular weight is 206 g/mol. The van der Waals surface area contributed by atoms with Gasteiger partial charge in [0.15, 0.2) is 0 Å². The molecule has 3 nitrogen and oxygen atoms in total. The van der Waals surface area contributed by atoms with Crippen LogP contribution in [0.5, 0.6) is 0 Å². The Hall–Kier alpha value is -0.130. The quantitative estimate of drug-likeness (QED) is 0.358. The van der Waals surface area contributed by atoms with Crippen LogP contribution in [0.15, 0.2) is 29.7 Å². The zero-order valence-corrected chi connectivity index (χ0v) is 9.95. The van der Waals surface area contributed by atoms with Crippen molar-refractivity contribution in [1.82, 2.24) is 0 Å². The molecular weight excluding hydrogens is 199 g/mol. The Morgan fingerprint density at radius 1 is 1.31 bits per heavy atom. The van der Waals surface area contributed by atoms with Crippen LogP contribution in [0.2, 0.25) is 0 Å². The average Bonchev–Trinajstić information content (AvgIpc) is 2.02. The molecule has 0 unspecified atom stereocenters. The molecule has 1 aromatic carbocycles. The Kier molecular flexibility index (Phi) is 5.51. The fourth-order valence-corrected chi connectivity index (χ4v) is 1.00. The zero-order valence-electron chi connectivity index (χ0n) is 7.14. The molecule has 0 bridgehead atoms. The summed E-state index contributed by atoms with van der Waals surface area (Å²) in [7, 11) is -4.01. The molecule has 1 rings (SSSR count). The maximum Gasteiger partial charge on any atom is 1.00 e. The Labute approximate surface area is 99.5 Å². The first kappa shape index (κ1) is 12.9. The van der Waals surface area contributed by atoms with Crippen LogP contribution in [0.25, 0.3) is 6.08 Å². The smallest absolute Gasteiger partial charge is 0.282 e. The van der Waals surface area contributed by atoms with E-state index >= 15 is 0 Å². The van der Waals surface area contributed by atoms with Crippen molar-refractivity contribution >= 4 is 16.2 Å². The van der Waals surface area contributed by atoms with Gasteiger partial charge in [0.25, 0.3) is 10.1 Å². The Balaban J connectivity index is 0.00000144. The normalized spacial score (nSPS) is 11.2. The molecular formula is C8H7NaO3S. The summed E-state index contributed by atoms with van der Waals surface area (Å²) in [5, 5.41) is 0.738. The molecule has 0 saturated heterocycles. The van der Waals surface area contributed by atoms with Crippen LogP contribution in [-0.4, -0.2) is 13.0 Å². The third-order valence-electron chi connectivity index (χ3n) is 1.18. The van der Waals surface area contributed by atoms with Crippen LogP contribution in [-0.2, 0) is 10.1 Å². The first-order valence-corrected chi connectivity index (χ1v) is 4.70. The van der Waals surface area contributed by atoms with Crippen LogP contribution in [0.3, 0.4) is 0 Å². The molecule has 13 heavy (non-hydrogen) atoms. The zero-order chi connectivity index (χ0) is 9.03. The predicted octanol–water partition coefficient (Wildman–Crippen LogP) is -1.65. The van der Waals surface area contributed by atoms with Crippen LogP contribution in [0.4, 0.5) is 0 Å². The van der Waals surface area contributed by atoms with Gasteiger partial charge in [-0.25, -0.2) is 0 Å². The van der Waals surface area contributed by atoms with Gasteiger partial charge in [0.05, 0.1) is 5.41 Å². The summed E-state index contributed by atoms with van der Waals surface area (Å²) in [5.74, 6) is 0. The maximum atomic E-state index is 10.3. The second kappa shape index (κ2) is 5.57. The van der Waals surface area contributed by atoms with Crippen molar-refractivity contribution in [1.29, 1.82) is 0 Å². The molecule has 0 aliphatic carbocycles. The van der Waals surface area contributed by atoms with Gasteiger partial charge in [-0.15, -0.1) is 5.56 Å². The van der Waals surface area contributed by atoms with E-state index in [2.05, 4.69) is 6.07 Å². The molecule has 0 amide bonds. The van der Waals surface area contributed by atoms with Crippen LogP contribution >= 0.6 is 0 Å². The molecule has 0 heterocycles. The molecule has 5 heteroatoms. The SMILES string of the molecule is O=S(=O)(O)C=Cc1cc[c-]cc1.[Na+]. The van der Waals surface area contributed by atoms with Crippen molar-refractivity contribution in [3.8, 4) is 0 Å². The molecule has 0 fully saturated rings. The van der Waals surface area contributed by atoms with Crippen molar-refractivity contribution in [2.24, 2.45) is 0 Å². The van der Waals surface area contributed by atoms with Gasteiger partial charge >= 0.3 is 29.6 Å². The molecule has 1 N–H and O–H groups in total. The number of rotatable bonds is 2. The topological polar surface area (TPSA) is 54.4 Å². The van der Waals surface area contributed by atoms with Crippen molar-refractivity contribution in [2.45, 2.75) is 0 Å². The largest absolute Gasteiger partial charge is 1.00 e. The first-order valence-electron chi connectivity index (χ1n) is 3.19. The summed E-state index contributed by atoms with van der Waals surface area (Å²) >= 11 is 0. The van der Waals surface area contributed by atoms with Gasteiger partial charge in [-0.3, -0.25) is 4.55 Å². The minimum absolute atomic E-state index is 0. The second-order valence-electron chi connectivity index (χ2n) is 2.15. The number of benzene rings is 1. The maximum absolute atomic E-state index is 10.3. The fourth-order valence-electron chi connectivity index (χ4n) is 0.675. The van der Waals surface area contributed by atoms with E-state index in [0.717, 1.165) is 5.41 Å². The third-order valence-corrected chi connectivity index (χ3v) is 1.66. The molecule has 0 atom stereocenters. The molecule has 1 aromatic rings. The monoisotopic (exact) mass is 206 g/mol. The van der Waals surface area contributed by atoms with E-state index < -0.39 is 10.1 Å². The van der Waals surface area contributed by atoms with Gasteiger partial charge in [0.2, 0.25) is 0 Å². The second-order valence-corrected chi connectivity index (χ2v) is 3.45. The van der Waals surface area contributed by atoms with E-state index in [0.29, 0.717) is 5.56 Å². The first-order chi connectivity index (χ1) is 5.58. The molecule has 0 aliphatic heterocycles. The van der Waals surface area contributed by atoms with Crippen LogP contribution in [0, 0.1) is 6.07 Å². The van der Waals surface area contributed by atoms with E-state index in [1.807, 2.05) is 0 Å². The molecule has 0 spiro atoms. The van der Waals surface area contributed by atoms with Gasteiger partial charge in [0.1, 0.15) is 0 Å². The van der Waals surface area contributed by atoms with E-state index in [1.165, 1.54) is 6.08 Å². The van der Waals surface area contributed by atoms with Gasteiger partial charge in [0, 0.05) is 0 Å². The summed E-state index contributed by atoms with van der Waals surface area (Å²) < 4.78 is 28.9. The minimum Gasteiger partial charge on any atom is -0.282 e. The molecule has 0 saturated carbocycles. The van der Waals surface area contributed by atoms with E-state index in [4.69, 9.17) is 4.55 Å². The fraction of sp³-hybridized carbons (Fsp3) is 0. The molecule has 0 aromatic heterocycles. The van der Waals surface area contributed by atoms with Crippen LogP contribution in [0.1, 0.15) is 5.56 Å². The number of hydrogen-bond acceptors (Lipinski definition) is 2. The van der Waals surface area contributed by atoms with E-state index in [-0.39, 0.29) is 29.6 Å². The number of hydrogen-bond donors (Lipinski definition) is 1. The Morgan fingerprint density at radius 2 is 1.85 bits per heavy atom. The van der Waals surface area contributed by atoms with Gasteiger partial charge in [-0.1, -0.05) is 6.08 Å². The standard InChI is InChI=1S/C8H7O3S.Na/c9-12(10,11)7-6-8-4-2-1-3-5-8;/h2-7H,(H,9,10,11);/q-1;+1. The minimum atomic E-state index is -4.01. The molecule has 0 aliphatic rings. The van der Waals surface area contributed by atoms with Gasteiger partial charge < -0.3 is 0 Å². The summed E-state index contributed by atoms with van der Waals surface area (Å²) in [6.07, 6.45) is 1.31. The summed E-state index contributed by atoms with van der Waals surface area (Å²) in [5.41, 5.74) is 0.700. The van der Waals surface area contributed by atoms with Crippen molar-refractivity contribution in [3.05, 3.63) is 41.3 Å². The summed E-state index contributed by atoms with van der Waals surface area (Å²) in [4.78, 5) is 0. The van der Waals surface area contributed by atoms with E-state index in [1.54, 1.807) is 24.3 Å². The van der Waals surface area contributed by atoms with Crippen molar-refractivity contribution in [3.63, 3.8) is 0 Å². The third kappa shape index (κ3) is 6.01. The Morgan fingerprint density at radius 3 is 2.31 bits per heavy atom. The van der Waals surface area contributed by atoms with Crippen LogP contribution < -0.4 is 29.6 Å². The summed E-state index contributed by atoms with van der Waals surface area (Å²) in [6.45, 7) is 0. The van der Waals surface area contributed by atoms with Crippen molar-refractivity contribution in [2.75, 3.05) is 0 Å². The van der Waals surface area contributed by atoms with Gasteiger partial charge in [-0.2, -0.15) is 38.7 Å². The predicted molar refractivity (Wildman–Crippen MR) is 45.9 cm³/mol.